The maximum absolute atomic E-state index is 15.5. The van der Waals surface area contributed by atoms with Gasteiger partial charge in [-0.2, -0.15) is 4.98 Å². The van der Waals surface area contributed by atoms with E-state index in [9.17, 15) is 4.79 Å². The Morgan fingerprint density at radius 2 is 1.74 bits per heavy atom. The fourth-order valence-corrected chi connectivity index (χ4v) is 5.47. The van der Waals surface area contributed by atoms with Crippen LogP contribution in [0.2, 0.25) is 5.02 Å². The predicted molar refractivity (Wildman–Crippen MR) is 199 cm³/mol. The predicted octanol–water partition coefficient (Wildman–Crippen LogP) is 9.64. The number of Topliss-reactive ketones (excluding diaryl/α,β-unsaturated/α-hetero) is 1. The number of aryl methyl sites for hydroxylation is 2. The number of hydrogen-bond donors (Lipinski definition) is 3. The van der Waals surface area contributed by atoms with Crippen LogP contribution in [0.15, 0.2) is 24.4 Å². The molecule has 0 bridgehead atoms. The van der Waals surface area contributed by atoms with Gasteiger partial charge in [0.05, 0.1) is 11.8 Å². The minimum absolute atomic E-state index is 0.0382. The summed E-state index contributed by atoms with van der Waals surface area (Å²) < 4.78 is 15.5. The Morgan fingerprint density at radius 3 is 2.17 bits per heavy atom. The van der Waals surface area contributed by atoms with Crippen LogP contribution in [0, 0.1) is 31.6 Å². The van der Waals surface area contributed by atoms with Crippen molar-refractivity contribution < 1.29 is 14.3 Å². The van der Waals surface area contributed by atoms with E-state index in [4.69, 9.17) is 21.7 Å². The van der Waals surface area contributed by atoms with Crippen molar-refractivity contribution >= 4 is 34.8 Å². The number of halogens is 2. The zero-order valence-corrected chi connectivity index (χ0v) is 32.0. The quantitative estimate of drug-likeness (QED) is 0.231. The number of anilines is 3. The van der Waals surface area contributed by atoms with E-state index in [1.54, 1.807) is 20.0 Å². The normalized spacial score (nSPS) is 20.8. The Bertz CT molecular complexity index is 1200. The molecule has 2 saturated heterocycles. The summed E-state index contributed by atoms with van der Waals surface area (Å²) in [6.45, 7) is 24.8. The minimum Gasteiger partial charge on any atom is -0.390 e. The third-order valence-corrected chi connectivity index (χ3v) is 9.21. The molecule has 3 N–H and O–H groups in total. The van der Waals surface area contributed by atoms with Gasteiger partial charge in [-0.1, -0.05) is 71.5 Å². The summed E-state index contributed by atoms with van der Waals surface area (Å²) in [7, 11) is 0. The number of rotatable bonds is 10. The largest absolute Gasteiger partial charge is 0.390 e. The van der Waals surface area contributed by atoms with Gasteiger partial charge in [-0.3, -0.25) is 0 Å². The number of nitrogens with one attached hydrogen (secondary N) is 2. The lowest BCUT2D eigenvalue weighted by Crippen LogP contribution is -2.56. The lowest BCUT2D eigenvalue weighted by atomic mass is 9.72. The number of carbonyl (C=O) groups is 1. The van der Waals surface area contributed by atoms with Crippen LogP contribution in [-0.4, -0.2) is 58.3 Å². The lowest BCUT2D eigenvalue weighted by Gasteiger charge is -2.47. The molecule has 0 saturated carbocycles. The number of aliphatic hydroxyl groups is 1. The minimum atomic E-state index is -1.18. The zero-order valence-electron chi connectivity index (χ0n) is 31.3. The zero-order chi connectivity index (χ0) is 35.8. The first-order valence-corrected chi connectivity index (χ1v) is 18.1. The molecule has 3 atom stereocenters. The molecule has 4 rings (SSSR count). The molecule has 0 spiro atoms. The average Bonchev–Trinajstić information content (AvgIpc) is 2.96. The molecule has 0 amide bonds. The number of hydrogen-bond acceptors (Lipinski definition) is 7. The Balaban J connectivity index is 0.000000536. The van der Waals surface area contributed by atoms with Gasteiger partial charge in [0.1, 0.15) is 16.5 Å². The number of alkyl halides is 1. The van der Waals surface area contributed by atoms with Crippen molar-refractivity contribution in [3.63, 3.8) is 0 Å². The van der Waals surface area contributed by atoms with Crippen LogP contribution in [0.3, 0.4) is 0 Å². The first kappa shape index (κ1) is 42.7. The van der Waals surface area contributed by atoms with Gasteiger partial charge in [-0.15, -0.1) is 0 Å². The van der Waals surface area contributed by atoms with Crippen LogP contribution in [-0.2, 0) is 4.79 Å². The van der Waals surface area contributed by atoms with Crippen molar-refractivity contribution in [1.29, 1.82) is 0 Å². The summed E-state index contributed by atoms with van der Waals surface area (Å²) in [6.07, 6.45) is 8.83. The van der Waals surface area contributed by atoms with Crippen LogP contribution in [0.5, 0.6) is 0 Å². The lowest BCUT2D eigenvalue weighted by molar-refractivity contribution is -0.117. The molecule has 0 aliphatic carbocycles. The van der Waals surface area contributed by atoms with Crippen molar-refractivity contribution in [3.05, 3.63) is 40.5 Å². The molecular formula is C38H65ClFN5O2. The monoisotopic (exact) mass is 677 g/mol. The highest BCUT2D eigenvalue weighted by atomic mass is 35.5. The molecule has 2 aliphatic rings. The molecule has 7 nitrogen and oxygen atoms in total. The standard InChI is InChI=1S/C23H31ClFN5.C6H14O.C5H10O.C4H10/c1-14-5-6-19(7-15(14)2)28-21-20(24)11-27-22(29-21)30-12-16(3)23(4,25)18(13-30)8-17-9-26-10-17;1-4-5-6(2,3)7;1-3-4-5(2)6;1-3-4-2/h5-7,11,16-18,26H,8-10,12-13H2,1-4H3,(H,27,28,29);7H,4-5H2,1-3H3;3-4H2,1-2H3;3-4H2,1-2H3. The number of carbonyl (C=O) groups excluding carboxylic acids is 1. The van der Waals surface area contributed by atoms with Gasteiger partial charge in [0.2, 0.25) is 5.95 Å². The Kier molecular flexibility index (Phi) is 19.0. The van der Waals surface area contributed by atoms with E-state index in [1.807, 2.05) is 33.8 Å². The van der Waals surface area contributed by atoms with Crippen LogP contribution in [0.1, 0.15) is 118 Å². The second kappa shape index (κ2) is 20.9. The molecule has 3 unspecified atom stereocenters. The molecule has 1 aromatic heterocycles. The maximum atomic E-state index is 15.5. The van der Waals surface area contributed by atoms with Crippen molar-refractivity contribution in [2.24, 2.45) is 17.8 Å². The van der Waals surface area contributed by atoms with Gasteiger partial charge in [-0.25, -0.2) is 9.37 Å². The van der Waals surface area contributed by atoms with E-state index in [-0.39, 0.29) is 17.6 Å². The second-order valence-corrected chi connectivity index (χ2v) is 14.6. The molecule has 3 heterocycles. The summed E-state index contributed by atoms with van der Waals surface area (Å²) in [4.78, 5) is 21.3. The van der Waals surface area contributed by atoms with Gasteiger partial charge in [-0.05, 0) is 103 Å². The van der Waals surface area contributed by atoms with Gasteiger partial charge >= 0.3 is 0 Å². The molecule has 2 aromatic rings. The van der Waals surface area contributed by atoms with Crippen molar-refractivity contribution in [2.75, 3.05) is 36.4 Å². The van der Waals surface area contributed by atoms with E-state index < -0.39 is 11.3 Å². The van der Waals surface area contributed by atoms with Crippen LogP contribution in [0.25, 0.3) is 0 Å². The molecule has 47 heavy (non-hydrogen) atoms. The number of piperidine rings is 1. The first-order chi connectivity index (χ1) is 22.0. The highest BCUT2D eigenvalue weighted by Crippen LogP contribution is 2.41. The summed E-state index contributed by atoms with van der Waals surface area (Å²) in [5.74, 6) is 1.89. The van der Waals surface area contributed by atoms with Crippen molar-refractivity contribution in [2.45, 2.75) is 132 Å². The molecular weight excluding hydrogens is 613 g/mol. The molecule has 9 heteroatoms. The third-order valence-electron chi connectivity index (χ3n) is 8.93. The molecule has 2 fully saturated rings. The van der Waals surface area contributed by atoms with Gasteiger partial charge < -0.3 is 25.4 Å². The third kappa shape index (κ3) is 15.6. The summed E-state index contributed by atoms with van der Waals surface area (Å²) in [5, 5.41) is 16.1. The smallest absolute Gasteiger partial charge is 0.227 e. The van der Waals surface area contributed by atoms with E-state index in [0.717, 1.165) is 50.9 Å². The first-order valence-electron chi connectivity index (χ1n) is 17.7. The van der Waals surface area contributed by atoms with Crippen molar-refractivity contribution in [1.82, 2.24) is 15.3 Å². The van der Waals surface area contributed by atoms with E-state index in [0.29, 0.717) is 35.8 Å². The highest BCUT2D eigenvalue weighted by Gasteiger charge is 2.46. The average molecular weight is 678 g/mol. The second-order valence-electron chi connectivity index (χ2n) is 14.2. The number of benzene rings is 1. The number of ketones is 1. The molecule has 1 aromatic carbocycles. The Morgan fingerprint density at radius 1 is 1.11 bits per heavy atom. The van der Waals surface area contributed by atoms with Gasteiger partial charge in [0, 0.05) is 37.0 Å². The number of unbranched alkanes of at least 4 members (excludes halogenated alkanes) is 1. The molecule has 0 radical (unpaired) electrons. The number of aromatic nitrogens is 2. The number of nitrogens with zero attached hydrogens (tertiary/aromatic N) is 3. The SMILES string of the molecule is CCCC.CCCC(C)(C)O.CCCC(C)=O.Cc1ccc(Nc2nc(N3CC(C)C(C)(F)C(CC4CNC4)C3)ncc2Cl)cc1C. The summed E-state index contributed by atoms with van der Waals surface area (Å²) in [5.41, 5.74) is 1.74. The fraction of sp³-hybridized carbons (Fsp3) is 0.711. The van der Waals surface area contributed by atoms with Gasteiger partial charge in [0.15, 0.2) is 5.82 Å². The summed E-state index contributed by atoms with van der Waals surface area (Å²) >= 11 is 6.38. The highest BCUT2D eigenvalue weighted by molar-refractivity contribution is 6.32. The van der Waals surface area contributed by atoms with Crippen molar-refractivity contribution in [3.8, 4) is 0 Å². The van der Waals surface area contributed by atoms with E-state index in [1.165, 1.54) is 24.0 Å². The Labute approximate surface area is 290 Å². The van der Waals surface area contributed by atoms with Crippen LogP contribution in [0.4, 0.5) is 21.8 Å². The maximum Gasteiger partial charge on any atom is 0.227 e. The topological polar surface area (TPSA) is 90.4 Å². The van der Waals surface area contributed by atoms with E-state index in [2.05, 4.69) is 67.3 Å². The molecule has 2 aliphatic heterocycles. The molecule has 268 valence electrons. The fourth-order valence-electron chi connectivity index (χ4n) is 5.33. The van der Waals surface area contributed by atoms with E-state index >= 15 is 4.39 Å². The Hall–Kier alpha value is -2.29. The van der Waals surface area contributed by atoms with Crippen LogP contribution >= 0.6 is 11.6 Å². The summed E-state index contributed by atoms with van der Waals surface area (Å²) in [6, 6.07) is 6.16. The van der Waals surface area contributed by atoms with Crippen LogP contribution < -0.4 is 15.5 Å². The van der Waals surface area contributed by atoms with Gasteiger partial charge in [0.25, 0.3) is 0 Å².